The van der Waals surface area contributed by atoms with Crippen LogP contribution in [0.2, 0.25) is 0 Å². The van der Waals surface area contributed by atoms with Gasteiger partial charge in [0.2, 0.25) is 0 Å². The van der Waals surface area contributed by atoms with E-state index in [9.17, 15) is 0 Å². The molecule has 0 heterocycles. The maximum absolute atomic E-state index is 15.1. The Morgan fingerprint density at radius 2 is 1.88 bits per heavy atom. The molecule has 2 aromatic carbocycles. The molecule has 1 aliphatic carbocycles. The van der Waals surface area contributed by atoms with E-state index < -0.39 is 0 Å². The molecule has 1 saturated carbocycles. The third-order valence-corrected chi connectivity index (χ3v) is 5.75. The van der Waals surface area contributed by atoms with Crippen LogP contribution in [0.25, 0.3) is 10.8 Å². The summed E-state index contributed by atoms with van der Waals surface area (Å²) in [7, 11) is 0. The fourth-order valence-corrected chi connectivity index (χ4v) is 4.13. The Hall–Kier alpha value is -1.63. The van der Waals surface area contributed by atoms with E-state index in [0.29, 0.717) is 5.92 Å². The predicted octanol–water partition coefficient (Wildman–Crippen LogP) is 7.17. The van der Waals surface area contributed by atoms with Gasteiger partial charge in [0, 0.05) is 5.39 Å². The third kappa shape index (κ3) is 3.71. The molecule has 128 valence electrons. The van der Waals surface area contributed by atoms with E-state index in [0.717, 1.165) is 47.9 Å². The maximum atomic E-state index is 15.1. The highest BCUT2D eigenvalue weighted by Crippen LogP contribution is 2.39. The van der Waals surface area contributed by atoms with Crippen LogP contribution in [0.4, 0.5) is 4.39 Å². The lowest BCUT2D eigenvalue weighted by molar-refractivity contribution is 0.315. The molecule has 24 heavy (non-hydrogen) atoms. The Morgan fingerprint density at radius 3 is 2.58 bits per heavy atom. The van der Waals surface area contributed by atoms with Crippen molar-refractivity contribution in [2.24, 2.45) is 5.92 Å². The molecule has 0 spiro atoms. The summed E-state index contributed by atoms with van der Waals surface area (Å²) in [5, 5.41) is 1.83. The minimum absolute atomic E-state index is 0.0208. The standard InChI is InChI=1S/C23H29F/c1-3-5-6-7-18-10-14-22-20(16-18)13-15-21(23(22)24)19-11-8-17(4-2)9-12-19/h3,5,10,13-17,19H,4,6-9,11-12H2,1-2H3/b5-3+. The van der Waals surface area contributed by atoms with Crippen molar-refractivity contribution in [3.05, 3.63) is 59.4 Å². The highest BCUT2D eigenvalue weighted by molar-refractivity contribution is 5.84. The van der Waals surface area contributed by atoms with Gasteiger partial charge in [0.05, 0.1) is 0 Å². The second kappa shape index (κ2) is 7.96. The van der Waals surface area contributed by atoms with Gasteiger partial charge in [-0.15, -0.1) is 0 Å². The first-order chi connectivity index (χ1) is 11.7. The van der Waals surface area contributed by atoms with Crippen molar-refractivity contribution >= 4 is 10.8 Å². The van der Waals surface area contributed by atoms with E-state index in [2.05, 4.69) is 37.3 Å². The van der Waals surface area contributed by atoms with E-state index in [1.165, 1.54) is 24.8 Å². The Balaban J connectivity index is 1.82. The van der Waals surface area contributed by atoms with E-state index in [1.807, 2.05) is 19.1 Å². The van der Waals surface area contributed by atoms with E-state index in [4.69, 9.17) is 0 Å². The van der Waals surface area contributed by atoms with Crippen LogP contribution in [0.15, 0.2) is 42.5 Å². The van der Waals surface area contributed by atoms with Gasteiger partial charge < -0.3 is 0 Å². The van der Waals surface area contributed by atoms with Crippen molar-refractivity contribution in [1.82, 2.24) is 0 Å². The molecule has 1 fully saturated rings. The van der Waals surface area contributed by atoms with Crippen molar-refractivity contribution in [3.63, 3.8) is 0 Å². The third-order valence-electron chi connectivity index (χ3n) is 5.75. The van der Waals surface area contributed by atoms with Crippen LogP contribution in [-0.2, 0) is 6.42 Å². The van der Waals surface area contributed by atoms with Crippen LogP contribution < -0.4 is 0 Å². The monoisotopic (exact) mass is 324 g/mol. The van der Waals surface area contributed by atoms with Crippen molar-refractivity contribution in [2.75, 3.05) is 0 Å². The summed E-state index contributed by atoms with van der Waals surface area (Å²) in [6.45, 7) is 4.32. The Morgan fingerprint density at radius 1 is 1.08 bits per heavy atom. The highest BCUT2D eigenvalue weighted by Gasteiger charge is 2.24. The summed E-state index contributed by atoms with van der Waals surface area (Å²) in [6, 6.07) is 10.4. The van der Waals surface area contributed by atoms with Crippen molar-refractivity contribution < 1.29 is 4.39 Å². The SMILES string of the molecule is C/C=C/CCc1ccc2c(F)c(C3CCC(CC)CC3)ccc2c1. The lowest BCUT2D eigenvalue weighted by atomic mass is 9.77. The van der Waals surface area contributed by atoms with Gasteiger partial charge in [0.15, 0.2) is 0 Å². The molecule has 0 unspecified atom stereocenters. The number of rotatable bonds is 5. The van der Waals surface area contributed by atoms with Crippen molar-refractivity contribution in [3.8, 4) is 0 Å². The first kappa shape index (κ1) is 17.2. The summed E-state index contributed by atoms with van der Waals surface area (Å²) >= 11 is 0. The first-order valence-corrected chi connectivity index (χ1v) is 9.55. The van der Waals surface area contributed by atoms with E-state index >= 15 is 4.39 Å². The molecule has 0 amide bonds. The molecule has 0 aliphatic heterocycles. The van der Waals surface area contributed by atoms with Gasteiger partial charge in [-0.25, -0.2) is 4.39 Å². The fraction of sp³-hybridized carbons (Fsp3) is 0.478. The Bertz CT molecular complexity index is 705. The molecule has 1 aliphatic rings. The van der Waals surface area contributed by atoms with Gasteiger partial charge in [-0.05, 0) is 73.8 Å². The molecule has 0 saturated heterocycles. The van der Waals surface area contributed by atoms with Gasteiger partial charge in [0.1, 0.15) is 5.82 Å². The van der Waals surface area contributed by atoms with Crippen molar-refractivity contribution in [2.45, 2.75) is 64.7 Å². The van der Waals surface area contributed by atoms with Gasteiger partial charge >= 0.3 is 0 Å². The zero-order chi connectivity index (χ0) is 16.9. The molecule has 0 bridgehead atoms. The van der Waals surface area contributed by atoms with Crippen LogP contribution in [-0.4, -0.2) is 0 Å². The van der Waals surface area contributed by atoms with E-state index in [-0.39, 0.29) is 5.82 Å². The summed E-state index contributed by atoms with van der Waals surface area (Å²) in [5.41, 5.74) is 2.23. The molecule has 2 aromatic rings. The zero-order valence-corrected chi connectivity index (χ0v) is 15.0. The molecule has 0 atom stereocenters. The summed E-state index contributed by atoms with van der Waals surface area (Å²) in [5.74, 6) is 1.28. The molecule has 0 radical (unpaired) electrons. The summed E-state index contributed by atoms with van der Waals surface area (Å²) in [4.78, 5) is 0. The average molecular weight is 324 g/mol. The highest BCUT2D eigenvalue weighted by atomic mass is 19.1. The second-order valence-corrected chi connectivity index (χ2v) is 7.26. The second-order valence-electron chi connectivity index (χ2n) is 7.26. The van der Waals surface area contributed by atoms with Crippen molar-refractivity contribution in [1.29, 1.82) is 0 Å². The topological polar surface area (TPSA) is 0 Å². The quantitative estimate of drug-likeness (QED) is 0.511. The van der Waals surface area contributed by atoms with Gasteiger partial charge in [-0.2, -0.15) is 0 Å². The molecule has 0 N–H and O–H groups in total. The molecular weight excluding hydrogens is 295 g/mol. The van der Waals surface area contributed by atoms with E-state index in [1.54, 1.807) is 0 Å². The van der Waals surface area contributed by atoms with Crippen LogP contribution in [0.3, 0.4) is 0 Å². The molecule has 1 heteroatoms. The first-order valence-electron chi connectivity index (χ1n) is 9.55. The number of benzene rings is 2. The average Bonchev–Trinajstić information content (AvgIpc) is 2.62. The lowest BCUT2D eigenvalue weighted by Crippen LogP contribution is -2.13. The minimum atomic E-state index is 0.0208. The number of fused-ring (bicyclic) bond motifs is 1. The summed E-state index contributed by atoms with van der Waals surface area (Å²) < 4.78 is 15.1. The number of aryl methyl sites for hydroxylation is 1. The normalized spacial score (nSPS) is 21.6. The predicted molar refractivity (Wildman–Crippen MR) is 102 cm³/mol. The van der Waals surface area contributed by atoms with Crippen LogP contribution in [0.1, 0.15) is 69.4 Å². The number of hydrogen-bond donors (Lipinski definition) is 0. The largest absolute Gasteiger partial charge is 0.206 e. The van der Waals surface area contributed by atoms with Crippen LogP contribution in [0, 0.1) is 11.7 Å². The van der Waals surface area contributed by atoms with Gasteiger partial charge in [-0.1, -0.05) is 55.8 Å². The smallest absolute Gasteiger partial charge is 0.134 e. The number of allylic oxidation sites excluding steroid dienone is 2. The fourth-order valence-electron chi connectivity index (χ4n) is 4.13. The molecule has 0 nitrogen and oxygen atoms in total. The Labute approximate surface area is 145 Å². The molecule has 0 aromatic heterocycles. The van der Waals surface area contributed by atoms with Gasteiger partial charge in [0.25, 0.3) is 0 Å². The maximum Gasteiger partial charge on any atom is 0.134 e. The molecular formula is C23H29F. The molecule has 3 rings (SSSR count). The lowest BCUT2D eigenvalue weighted by Gasteiger charge is -2.28. The number of hydrogen-bond acceptors (Lipinski definition) is 0. The zero-order valence-electron chi connectivity index (χ0n) is 15.0. The van der Waals surface area contributed by atoms with Crippen LogP contribution >= 0.6 is 0 Å². The summed E-state index contributed by atoms with van der Waals surface area (Å²) in [6.07, 6.45) is 12.4. The van der Waals surface area contributed by atoms with Gasteiger partial charge in [-0.3, -0.25) is 0 Å². The van der Waals surface area contributed by atoms with Crippen LogP contribution in [0.5, 0.6) is 0 Å². The number of halogens is 1. The minimum Gasteiger partial charge on any atom is -0.206 e. The Kier molecular flexibility index (Phi) is 5.71.